The van der Waals surface area contributed by atoms with Gasteiger partial charge in [-0.1, -0.05) is 6.92 Å². The summed E-state index contributed by atoms with van der Waals surface area (Å²) in [6, 6.07) is 0.266. The van der Waals surface area contributed by atoms with Crippen LogP contribution < -0.4 is 5.32 Å². The molecule has 33 heavy (non-hydrogen) atoms. The topological polar surface area (TPSA) is 60.4 Å². The van der Waals surface area contributed by atoms with E-state index in [4.69, 9.17) is 4.74 Å². The van der Waals surface area contributed by atoms with Crippen molar-refractivity contribution in [3.05, 3.63) is 0 Å². The van der Waals surface area contributed by atoms with Gasteiger partial charge in [-0.2, -0.15) is 0 Å². The van der Waals surface area contributed by atoms with Gasteiger partial charge >= 0.3 is 6.09 Å². The minimum absolute atomic E-state index is 0. The molecule has 3 aliphatic rings. The van der Waals surface area contributed by atoms with E-state index in [0.717, 1.165) is 50.9 Å². The lowest BCUT2D eigenvalue weighted by Crippen LogP contribution is -2.53. The number of ether oxygens (including phenoxy) is 1. The molecule has 8 heteroatoms. The molecule has 3 rings (SSSR count). The summed E-state index contributed by atoms with van der Waals surface area (Å²) in [5.74, 6) is 2.42. The van der Waals surface area contributed by atoms with Crippen LogP contribution in [-0.4, -0.2) is 91.3 Å². The first-order valence-corrected chi connectivity index (χ1v) is 13.0. The molecule has 3 fully saturated rings. The Morgan fingerprint density at radius 3 is 2.18 bits per heavy atom. The van der Waals surface area contributed by atoms with Crippen LogP contribution in [0.2, 0.25) is 0 Å². The molecule has 2 heterocycles. The predicted octanol–water partition coefficient (Wildman–Crippen LogP) is 4.41. The van der Waals surface area contributed by atoms with Gasteiger partial charge in [0.25, 0.3) is 0 Å². The number of guanidine groups is 1. The molecule has 192 valence electrons. The minimum atomic E-state index is -0.446. The Morgan fingerprint density at radius 2 is 1.67 bits per heavy atom. The van der Waals surface area contributed by atoms with Crippen LogP contribution in [0.1, 0.15) is 72.6 Å². The second-order valence-electron chi connectivity index (χ2n) is 11.0. The third kappa shape index (κ3) is 9.42. The molecule has 0 spiro atoms. The van der Waals surface area contributed by atoms with Crippen molar-refractivity contribution in [2.24, 2.45) is 16.8 Å². The normalized spacial score (nSPS) is 21.5. The van der Waals surface area contributed by atoms with Gasteiger partial charge in [0.15, 0.2) is 5.96 Å². The number of nitrogens with one attached hydrogen (secondary N) is 1. The Hall–Kier alpha value is -0.770. The molecule has 0 aromatic rings. The molecule has 2 saturated heterocycles. The number of hydrogen-bond acceptors (Lipinski definition) is 4. The van der Waals surface area contributed by atoms with Crippen molar-refractivity contribution in [2.75, 3.05) is 52.9 Å². The van der Waals surface area contributed by atoms with E-state index in [1.165, 1.54) is 51.7 Å². The molecule has 7 nitrogen and oxygen atoms in total. The highest BCUT2D eigenvalue weighted by Gasteiger charge is 2.35. The third-order valence-corrected chi connectivity index (χ3v) is 6.99. The summed E-state index contributed by atoms with van der Waals surface area (Å²) in [5.41, 5.74) is -0.446. The monoisotopic (exact) mass is 577 g/mol. The van der Waals surface area contributed by atoms with Crippen molar-refractivity contribution in [1.82, 2.24) is 20.0 Å². The second kappa shape index (κ2) is 13.4. The summed E-state index contributed by atoms with van der Waals surface area (Å²) in [4.78, 5) is 24.4. The number of halogens is 1. The number of aliphatic imine (C=N–C) groups is 1. The molecular weight excluding hydrogens is 529 g/mol. The van der Waals surface area contributed by atoms with Crippen LogP contribution in [0, 0.1) is 11.8 Å². The lowest BCUT2D eigenvalue weighted by atomic mass is 9.96. The standard InChI is InChI=1S/C25H47N5O2.HI/c1-6-13-28-14-9-20(10-15-28)18-27-23(26-5)29-16-11-22(12-17-29)30(19-21-7-8-21)24(31)32-25(2,3)4;/h20-22H,6-19H2,1-5H3,(H,26,27);1H. The number of carbonyl (C=O) groups excluding carboxylic acids is 1. The summed E-state index contributed by atoms with van der Waals surface area (Å²) in [5, 5.41) is 3.65. The lowest BCUT2D eigenvalue weighted by molar-refractivity contribution is 0.00927. The first-order valence-electron chi connectivity index (χ1n) is 13.0. The smallest absolute Gasteiger partial charge is 0.410 e. The van der Waals surface area contributed by atoms with Crippen molar-refractivity contribution >= 4 is 36.0 Å². The number of nitrogens with zero attached hydrogens (tertiary/aromatic N) is 4. The average molecular weight is 578 g/mol. The first kappa shape index (κ1) is 28.5. The van der Waals surface area contributed by atoms with Crippen molar-refractivity contribution in [2.45, 2.75) is 84.3 Å². The van der Waals surface area contributed by atoms with Gasteiger partial charge in [-0.05, 0) is 97.2 Å². The van der Waals surface area contributed by atoms with E-state index in [0.29, 0.717) is 5.92 Å². The Morgan fingerprint density at radius 1 is 1.03 bits per heavy atom. The molecular formula is C25H48IN5O2. The molecule has 0 atom stereocenters. The van der Waals surface area contributed by atoms with E-state index in [1.807, 2.05) is 32.7 Å². The Balaban J connectivity index is 0.00000385. The fraction of sp³-hybridized carbons (Fsp3) is 0.920. The van der Waals surface area contributed by atoms with Gasteiger partial charge < -0.3 is 24.8 Å². The van der Waals surface area contributed by atoms with E-state index >= 15 is 0 Å². The van der Waals surface area contributed by atoms with Crippen LogP contribution >= 0.6 is 24.0 Å². The van der Waals surface area contributed by atoms with Crippen molar-refractivity contribution in [1.29, 1.82) is 0 Å². The van der Waals surface area contributed by atoms with Crippen LogP contribution in [0.25, 0.3) is 0 Å². The van der Waals surface area contributed by atoms with Gasteiger partial charge in [-0.15, -0.1) is 24.0 Å². The van der Waals surface area contributed by atoms with E-state index in [9.17, 15) is 4.79 Å². The number of hydrogen-bond donors (Lipinski definition) is 1. The maximum absolute atomic E-state index is 12.9. The number of piperidine rings is 2. The summed E-state index contributed by atoms with van der Waals surface area (Å²) >= 11 is 0. The molecule has 0 aromatic heterocycles. The fourth-order valence-corrected chi connectivity index (χ4v) is 4.96. The van der Waals surface area contributed by atoms with Gasteiger partial charge in [0.1, 0.15) is 5.60 Å². The van der Waals surface area contributed by atoms with Crippen LogP contribution in [0.5, 0.6) is 0 Å². The number of likely N-dealkylation sites (tertiary alicyclic amines) is 2. The molecule has 0 bridgehead atoms. The van der Waals surface area contributed by atoms with Gasteiger partial charge in [-0.3, -0.25) is 4.99 Å². The van der Waals surface area contributed by atoms with Crippen molar-refractivity contribution in [3.63, 3.8) is 0 Å². The maximum atomic E-state index is 12.9. The summed E-state index contributed by atoms with van der Waals surface area (Å²) in [6.45, 7) is 15.5. The van der Waals surface area contributed by atoms with E-state index in [-0.39, 0.29) is 36.1 Å². The molecule has 1 saturated carbocycles. The molecule has 1 aliphatic carbocycles. The highest BCUT2D eigenvalue weighted by molar-refractivity contribution is 14.0. The quantitative estimate of drug-likeness (QED) is 0.276. The lowest BCUT2D eigenvalue weighted by Gasteiger charge is -2.40. The molecule has 0 radical (unpaired) electrons. The average Bonchev–Trinajstić information content (AvgIpc) is 3.57. The Labute approximate surface area is 219 Å². The molecule has 0 aromatic carbocycles. The number of rotatable bonds is 7. The largest absolute Gasteiger partial charge is 0.444 e. The Kier molecular flexibility index (Phi) is 11.5. The SMILES string of the molecule is CCCN1CCC(CNC(=NC)N2CCC(N(CC3CC3)C(=O)OC(C)(C)C)CC2)CC1.I. The van der Waals surface area contributed by atoms with E-state index in [2.05, 4.69) is 27.0 Å². The third-order valence-electron chi connectivity index (χ3n) is 6.99. The van der Waals surface area contributed by atoms with Crippen molar-refractivity contribution in [3.8, 4) is 0 Å². The number of carbonyl (C=O) groups is 1. The highest BCUT2D eigenvalue weighted by atomic mass is 127. The predicted molar refractivity (Wildman–Crippen MR) is 146 cm³/mol. The van der Waals surface area contributed by atoms with E-state index < -0.39 is 5.60 Å². The van der Waals surface area contributed by atoms with Gasteiger partial charge in [0, 0.05) is 39.3 Å². The van der Waals surface area contributed by atoms with E-state index in [1.54, 1.807) is 0 Å². The van der Waals surface area contributed by atoms with Crippen LogP contribution in [0.15, 0.2) is 4.99 Å². The minimum Gasteiger partial charge on any atom is -0.444 e. The summed E-state index contributed by atoms with van der Waals surface area (Å²) in [7, 11) is 1.89. The Bertz CT molecular complexity index is 619. The van der Waals surface area contributed by atoms with Gasteiger partial charge in [0.05, 0.1) is 0 Å². The maximum Gasteiger partial charge on any atom is 0.410 e. The molecule has 1 N–H and O–H groups in total. The fourth-order valence-electron chi connectivity index (χ4n) is 4.96. The van der Waals surface area contributed by atoms with Crippen LogP contribution in [-0.2, 0) is 4.74 Å². The zero-order chi connectivity index (χ0) is 23.1. The molecule has 1 amide bonds. The highest BCUT2D eigenvalue weighted by Crippen LogP contribution is 2.32. The zero-order valence-electron chi connectivity index (χ0n) is 21.6. The van der Waals surface area contributed by atoms with Crippen LogP contribution in [0.3, 0.4) is 0 Å². The first-order chi connectivity index (χ1) is 15.3. The molecule has 2 aliphatic heterocycles. The van der Waals surface area contributed by atoms with Gasteiger partial charge in [-0.25, -0.2) is 4.79 Å². The second-order valence-corrected chi connectivity index (χ2v) is 11.0. The van der Waals surface area contributed by atoms with Gasteiger partial charge in [0.2, 0.25) is 0 Å². The summed E-state index contributed by atoms with van der Waals surface area (Å²) < 4.78 is 5.74. The zero-order valence-corrected chi connectivity index (χ0v) is 24.0. The van der Waals surface area contributed by atoms with Crippen LogP contribution in [0.4, 0.5) is 4.79 Å². The van der Waals surface area contributed by atoms with Crippen molar-refractivity contribution < 1.29 is 9.53 Å². The summed E-state index contributed by atoms with van der Waals surface area (Å²) in [6.07, 6.45) is 8.09. The number of amides is 1. The molecule has 0 unspecified atom stereocenters.